The van der Waals surface area contributed by atoms with E-state index in [1.54, 1.807) is 7.11 Å². The molecule has 1 saturated carbocycles. The molecule has 1 aliphatic carbocycles. The van der Waals surface area contributed by atoms with Gasteiger partial charge in [-0.1, -0.05) is 0 Å². The van der Waals surface area contributed by atoms with Crippen molar-refractivity contribution in [3.63, 3.8) is 0 Å². The minimum absolute atomic E-state index is 0.265. The first-order valence-corrected chi connectivity index (χ1v) is 4.96. The van der Waals surface area contributed by atoms with E-state index in [9.17, 15) is 0 Å². The summed E-state index contributed by atoms with van der Waals surface area (Å²) in [6.07, 6.45) is 1.89. The van der Waals surface area contributed by atoms with Crippen molar-refractivity contribution in [3.05, 3.63) is 0 Å². The number of rotatable bonds is 5. The van der Waals surface area contributed by atoms with Gasteiger partial charge < -0.3 is 9.64 Å². The summed E-state index contributed by atoms with van der Waals surface area (Å²) in [6, 6.07) is 2.34. The van der Waals surface area contributed by atoms with Gasteiger partial charge in [-0.15, -0.1) is 0 Å². The first-order chi connectivity index (χ1) is 6.62. The molecule has 0 radical (unpaired) electrons. The van der Waals surface area contributed by atoms with Crippen LogP contribution in [0.5, 0.6) is 0 Å². The van der Waals surface area contributed by atoms with Gasteiger partial charge in [-0.2, -0.15) is 5.26 Å². The topological polar surface area (TPSA) is 48.3 Å². The number of likely N-dealkylation sites (N-methyl/N-ethyl adjacent to an activating group) is 1. The molecule has 0 amide bonds. The third kappa shape index (κ3) is 2.68. The molecule has 0 aromatic heterocycles. The van der Waals surface area contributed by atoms with Crippen LogP contribution in [0.15, 0.2) is 0 Å². The lowest BCUT2D eigenvalue weighted by Crippen LogP contribution is -2.58. The summed E-state index contributed by atoms with van der Waals surface area (Å²) in [5.74, 6) is 0. The van der Waals surface area contributed by atoms with Gasteiger partial charge in [-0.05, 0) is 14.1 Å². The number of nitrogens with one attached hydrogen (secondary N) is 1. The molecule has 0 heterocycles. The lowest BCUT2D eigenvalue weighted by Gasteiger charge is -2.42. The minimum Gasteiger partial charge on any atom is -0.381 e. The Kier molecular flexibility index (Phi) is 3.87. The van der Waals surface area contributed by atoms with E-state index in [-0.39, 0.29) is 11.6 Å². The van der Waals surface area contributed by atoms with Crippen LogP contribution in [0.1, 0.15) is 12.8 Å². The van der Waals surface area contributed by atoms with E-state index >= 15 is 0 Å². The van der Waals surface area contributed by atoms with Gasteiger partial charge in [0.25, 0.3) is 0 Å². The molecule has 0 aliphatic heterocycles. The molecule has 1 N–H and O–H groups in total. The Labute approximate surface area is 85.8 Å². The Morgan fingerprint density at radius 3 is 2.64 bits per heavy atom. The van der Waals surface area contributed by atoms with E-state index in [1.165, 1.54) is 0 Å². The smallest absolute Gasteiger partial charge is 0.111 e. The lowest BCUT2D eigenvalue weighted by molar-refractivity contribution is -0.00782. The summed E-state index contributed by atoms with van der Waals surface area (Å²) in [4.78, 5) is 2.10. The summed E-state index contributed by atoms with van der Waals surface area (Å²) in [6.45, 7) is 1.82. The average molecular weight is 197 g/mol. The molecule has 4 nitrogen and oxygen atoms in total. The molecule has 0 aromatic rings. The Morgan fingerprint density at radius 1 is 1.57 bits per heavy atom. The molecule has 0 aromatic carbocycles. The first-order valence-electron chi connectivity index (χ1n) is 4.96. The monoisotopic (exact) mass is 197 g/mol. The van der Waals surface area contributed by atoms with Crippen LogP contribution in [0, 0.1) is 11.3 Å². The quantitative estimate of drug-likeness (QED) is 0.684. The van der Waals surface area contributed by atoms with E-state index in [0.29, 0.717) is 0 Å². The van der Waals surface area contributed by atoms with Gasteiger partial charge in [0.1, 0.15) is 5.54 Å². The first kappa shape index (κ1) is 11.4. The van der Waals surface area contributed by atoms with Crippen LogP contribution in [0.25, 0.3) is 0 Å². The van der Waals surface area contributed by atoms with Gasteiger partial charge in [0, 0.05) is 33.0 Å². The molecule has 0 spiro atoms. The number of methoxy groups -OCH3 is 1. The van der Waals surface area contributed by atoms with Crippen molar-refractivity contribution in [2.45, 2.75) is 24.5 Å². The lowest BCUT2D eigenvalue weighted by atomic mass is 9.75. The highest BCUT2D eigenvalue weighted by atomic mass is 16.5. The second-order valence-electron chi connectivity index (χ2n) is 4.19. The standard InChI is InChI=1S/C10H19N3O/c1-13(2)5-4-12-10(8-11)6-9(7-10)14-3/h9,12H,4-7H2,1-3H3. The van der Waals surface area contributed by atoms with Crippen molar-refractivity contribution < 1.29 is 4.74 Å². The highest BCUT2D eigenvalue weighted by molar-refractivity contribution is 5.16. The van der Waals surface area contributed by atoms with Crippen molar-refractivity contribution in [2.24, 2.45) is 0 Å². The molecule has 1 rings (SSSR count). The zero-order valence-corrected chi connectivity index (χ0v) is 9.21. The number of ether oxygens (including phenoxy) is 1. The van der Waals surface area contributed by atoms with Gasteiger partial charge in [0.2, 0.25) is 0 Å². The summed E-state index contributed by atoms with van der Waals surface area (Å²) >= 11 is 0. The van der Waals surface area contributed by atoms with Gasteiger partial charge in [0.15, 0.2) is 0 Å². The van der Waals surface area contributed by atoms with Crippen LogP contribution in [-0.4, -0.2) is 50.8 Å². The minimum atomic E-state index is -0.323. The van der Waals surface area contributed by atoms with Gasteiger partial charge in [-0.25, -0.2) is 0 Å². The number of hydrogen-bond donors (Lipinski definition) is 1. The van der Waals surface area contributed by atoms with Crippen LogP contribution in [-0.2, 0) is 4.74 Å². The SMILES string of the molecule is COC1CC(C#N)(NCCN(C)C)C1. The maximum atomic E-state index is 9.03. The maximum absolute atomic E-state index is 9.03. The highest BCUT2D eigenvalue weighted by Crippen LogP contribution is 2.33. The molecular weight excluding hydrogens is 178 g/mol. The fourth-order valence-corrected chi connectivity index (χ4v) is 1.68. The van der Waals surface area contributed by atoms with Crippen LogP contribution >= 0.6 is 0 Å². The maximum Gasteiger partial charge on any atom is 0.111 e. The molecule has 4 heteroatoms. The Balaban J connectivity index is 2.25. The van der Waals surface area contributed by atoms with Crippen molar-refractivity contribution in [1.82, 2.24) is 10.2 Å². The van der Waals surface area contributed by atoms with Crippen molar-refractivity contribution in [2.75, 3.05) is 34.3 Å². The zero-order chi connectivity index (χ0) is 10.6. The second-order valence-corrected chi connectivity index (χ2v) is 4.19. The fourth-order valence-electron chi connectivity index (χ4n) is 1.68. The Bertz CT molecular complexity index is 216. The third-order valence-electron chi connectivity index (χ3n) is 2.72. The fraction of sp³-hybridized carbons (Fsp3) is 0.900. The second kappa shape index (κ2) is 4.74. The largest absolute Gasteiger partial charge is 0.381 e. The molecule has 1 aliphatic rings. The molecule has 80 valence electrons. The Hall–Kier alpha value is -0.630. The van der Waals surface area contributed by atoms with Crippen LogP contribution in [0.4, 0.5) is 0 Å². The molecule has 0 bridgehead atoms. The van der Waals surface area contributed by atoms with Gasteiger partial charge in [-0.3, -0.25) is 5.32 Å². The molecular formula is C10H19N3O. The van der Waals surface area contributed by atoms with E-state index in [4.69, 9.17) is 10.00 Å². The molecule has 1 fully saturated rings. The van der Waals surface area contributed by atoms with E-state index in [1.807, 2.05) is 14.1 Å². The van der Waals surface area contributed by atoms with E-state index < -0.39 is 0 Å². The average Bonchev–Trinajstić information content (AvgIpc) is 2.09. The van der Waals surface area contributed by atoms with E-state index in [0.717, 1.165) is 25.9 Å². The number of nitriles is 1. The summed E-state index contributed by atoms with van der Waals surface area (Å²) < 4.78 is 5.17. The van der Waals surface area contributed by atoms with Gasteiger partial charge in [0.05, 0.1) is 12.2 Å². The Morgan fingerprint density at radius 2 is 2.21 bits per heavy atom. The van der Waals surface area contributed by atoms with Crippen LogP contribution in [0.2, 0.25) is 0 Å². The van der Waals surface area contributed by atoms with Gasteiger partial charge >= 0.3 is 0 Å². The van der Waals surface area contributed by atoms with Crippen LogP contribution in [0.3, 0.4) is 0 Å². The predicted octanol–water partition coefficient (Wildman–Crippen LogP) is 0.209. The number of hydrogen-bond acceptors (Lipinski definition) is 4. The number of nitrogens with zero attached hydrogens (tertiary/aromatic N) is 2. The van der Waals surface area contributed by atoms with Crippen LogP contribution < -0.4 is 5.32 Å². The summed E-state index contributed by atoms with van der Waals surface area (Å²) in [7, 11) is 5.75. The highest BCUT2D eigenvalue weighted by Gasteiger charge is 2.44. The predicted molar refractivity (Wildman–Crippen MR) is 54.9 cm³/mol. The summed E-state index contributed by atoms with van der Waals surface area (Å²) in [5.41, 5.74) is -0.323. The third-order valence-corrected chi connectivity index (χ3v) is 2.72. The molecule has 0 saturated heterocycles. The molecule has 0 unspecified atom stereocenters. The van der Waals surface area contributed by atoms with Crippen molar-refractivity contribution in [1.29, 1.82) is 5.26 Å². The zero-order valence-electron chi connectivity index (χ0n) is 9.21. The normalized spacial score (nSPS) is 31.2. The van der Waals surface area contributed by atoms with Crippen molar-refractivity contribution in [3.8, 4) is 6.07 Å². The van der Waals surface area contributed by atoms with Crippen molar-refractivity contribution >= 4 is 0 Å². The molecule has 0 atom stereocenters. The van der Waals surface area contributed by atoms with E-state index in [2.05, 4.69) is 16.3 Å². The molecule has 14 heavy (non-hydrogen) atoms. The summed E-state index contributed by atoms with van der Waals surface area (Å²) in [5, 5.41) is 12.3.